The minimum Gasteiger partial charge on any atom is -0.343 e. The minimum atomic E-state index is -0.475. The van der Waals surface area contributed by atoms with E-state index < -0.39 is 6.04 Å². The highest BCUT2D eigenvalue weighted by molar-refractivity contribution is 6.07. The first-order valence-corrected chi connectivity index (χ1v) is 7.37. The predicted molar refractivity (Wildman–Crippen MR) is 74.0 cm³/mol. The van der Waals surface area contributed by atoms with Crippen LogP contribution in [0.3, 0.4) is 0 Å². The van der Waals surface area contributed by atoms with E-state index in [0.29, 0.717) is 5.95 Å². The van der Waals surface area contributed by atoms with Crippen molar-refractivity contribution in [3.05, 3.63) is 12.4 Å². The Morgan fingerprint density at radius 3 is 2.60 bits per heavy atom. The zero-order valence-corrected chi connectivity index (χ0v) is 11.5. The number of aromatic nitrogens is 2. The molecule has 1 unspecified atom stereocenters. The van der Waals surface area contributed by atoms with Gasteiger partial charge in [-0.3, -0.25) is 14.5 Å². The molecule has 20 heavy (non-hydrogen) atoms. The number of carbonyl (C=O) groups excluding carboxylic acids is 2. The van der Waals surface area contributed by atoms with Gasteiger partial charge in [0.05, 0.1) is 6.42 Å². The van der Waals surface area contributed by atoms with Crippen LogP contribution >= 0.6 is 0 Å². The summed E-state index contributed by atoms with van der Waals surface area (Å²) >= 11 is 0. The van der Waals surface area contributed by atoms with Gasteiger partial charge in [-0.15, -0.1) is 0 Å². The van der Waals surface area contributed by atoms with Crippen LogP contribution < -0.4 is 5.32 Å². The van der Waals surface area contributed by atoms with Crippen molar-refractivity contribution in [2.45, 2.75) is 57.0 Å². The van der Waals surface area contributed by atoms with Crippen molar-refractivity contribution in [2.24, 2.45) is 0 Å². The fourth-order valence-electron chi connectivity index (χ4n) is 3.17. The van der Waals surface area contributed by atoms with Gasteiger partial charge in [0.25, 0.3) is 5.91 Å². The van der Waals surface area contributed by atoms with E-state index in [2.05, 4.69) is 15.3 Å². The van der Waals surface area contributed by atoms with Gasteiger partial charge in [-0.05, 0) is 12.8 Å². The van der Waals surface area contributed by atoms with Crippen molar-refractivity contribution < 1.29 is 9.59 Å². The zero-order valence-electron chi connectivity index (χ0n) is 11.5. The monoisotopic (exact) mass is 276 g/mol. The Hall–Kier alpha value is -1.85. The topological polar surface area (TPSA) is 78.1 Å². The van der Waals surface area contributed by atoms with Crippen molar-refractivity contribution in [2.75, 3.05) is 5.32 Å². The van der Waals surface area contributed by atoms with E-state index in [9.17, 15) is 9.59 Å². The molecule has 6 heteroatoms. The summed E-state index contributed by atoms with van der Waals surface area (Å²) in [6.07, 6.45) is 10.1. The molecule has 1 atom stereocenters. The van der Waals surface area contributed by atoms with Crippen LogP contribution in [-0.4, -0.2) is 38.8 Å². The number of nitrogens with one attached hydrogen (secondary N) is 2. The summed E-state index contributed by atoms with van der Waals surface area (Å²) in [6, 6.07) is -0.377. The third kappa shape index (κ3) is 2.55. The molecule has 2 amide bonds. The lowest BCUT2D eigenvalue weighted by molar-refractivity contribution is -0.141. The normalized spacial score (nSPS) is 25.0. The van der Waals surface area contributed by atoms with E-state index in [1.54, 1.807) is 12.4 Å². The number of amides is 2. The summed E-state index contributed by atoms with van der Waals surface area (Å²) in [4.78, 5) is 33.1. The molecular formula is C14H20N4O2. The zero-order chi connectivity index (χ0) is 13.9. The molecule has 1 aliphatic heterocycles. The number of carbonyl (C=O) groups is 2. The van der Waals surface area contributed by atoms with Gasteiger partial charge in [-0.1, -0.05) is 25.7 Å². The number of imide groups is 1. The maximum absolute atomic E-state index is 12.5. The molecule has 2 heterocycles. The van der Waals surface area contributed by atoms with Crippen LogP contribution in [0.15, 0.2) is 12.4 Å². The molecule has 0 spiro atoms. The second-order valence-corrected chi connectivity index (χ2v) is 5.59. The average molecular weight is 276 g/mol. The minimum absolute atomic E-state index is 0.0500. The average Bonchev–Trinajstić information content (AvgIpc) is 2.92. The van der Waals surface area contributed by atoms with Crippen molar-refractivity contribution in [1.29, 1.82) is 0 Å². The smallest absolute Gasteiger partial charge is 0.252 e. The maximum Gasteiger partial charge on any atom is 0.252 e. The van der Waals surface area contributed by atoms with Gasteiger partial charge in [0.15, 0.2) is 0 Å². The molecule has 3 rings (SSSR count). The lowest BCUT2D eigenvalue weighted by atomic mass is 10.1. The molecule has 0 aromatic carbocycles. The van der Waals surface area contributed by atoms with E-state index in [1.807, 2.05) is 0 Å². The van der Waals surface area contributed by atoms with Crippen LogP contribution in [-0.2, 0) is 9.59 Å². The van der Waals surface area contributed by atoms with E-state index in [4.69, 9.17) is 0 Å². The molecule has 6 nitrogen and oxygen atoms in total. The number of nitrogens with zero attached hydrogens (tertiary/aromatic N) is 2. The van der Waals surface area contributed by atoms with E-state index in [-0.39, 0.29) is 24.3 Å². The number of hydrogen-bond donors (Lipinski definition) is 2. The Kier molecular flexibility index (Phi) is 3.71. The van der Waals surface area contributed by atoms with Crippen molar-refractivity contribution in [3.63, 3.8) is 0 Å². The van der Waals surface area contributed by atoms with Crippen LogP contribution in [0.1, 0.15) is 44.9 Å². The van der Waals surface area contributed by atoms with Gasteiger partial charge >= 0.3 is 0 Å². The Labute approximate surface area is 117 Å². The predicted octanol–water partition coefficient (Wildman–Crippen LogP) is 1.67. The number of imidazole rings is 1. The number of rotatable bonds is 3. The quantitative estimate of drug-likeness (QED) is 0.650. The van der Waals surface area contributed by atoms with Crippen molar-refractivity contribution in [3.8, 4) is 0 Å². The molecule has 1 saturated carbocycles. The maximum atomic E-state index is 12.5. The first-order chi connectivity index (χ1) is 9.75. The summed E-state index contributed by atoms with van der Waals surface area (Å²) in [7, 11) is 0. The Balaban J connectivity index is 1.69. The summed E-state index contributed by atoms with van der Waals surface area (Å²) in [5, 5.41) is 3.01. The van der Waals surface area contributed by atoms with E-state index in [0.717, 1.165) is 25.7 Å². The van der Waals surface area contributed by atoms with E-state index in [1.165, 1.54) is 17.7 Å². The second-order valence-electron chi connectivity index (χ2n) is 5.59. The molecule has 1 aromatic rings. The van der Waals surface area contributed by atoms with E-state index >= 15 is 0 Å². The van der Waals surface area contributed by atoms with Crippen LogP contribution in [0.2, 0.25) is 0 Å². The molecule has 1 aliphatic carbocycles. The van der Waals surface area contributed by atoms with Gasteiger partial charge in [0.1, 0.15) is 6.04 Å². The Bertz CT molecular complexity index is 477. The fraction of sp³-hybridized carbons (Fsp3) is 0.643. The number of aromatic amines is 1. The third-order valence-corrected chi connectivity index (χ3v) is 4.18. The summed E-state index contributed by atoms with van der Waals surface area (Å²) in [5.74, 6) is 0.392. The molecule has 1 saturated heterocycles. The molecule has 0 radical (unpaired) electrons. The van der Waals surface area contributed by atoms with Crippen molar-refractivity contribution >= 4 is 17.8 Å². The first-order valence-electron chi connectivity index (χ1n) is 7.37. The SMILES string of the molecule is O=C1CC(Nc2ncc[nH]2)C(=O)N1C1CCCCCC1. The number of H-pyrrole nitrogens is 1. The largest absolute Gasteiger partial charge is 0.343 e. The van der Waals surface area contributed by atoms with Gasteiger partial charge in [-0.25, -0.2) is 4.98 Å². The molecule has 2 fully saturated rings. The highest BCUT2D eigenvalue weighted by Gasteiger charge is 2.42. The number of likely N-dealkylation sites (tertiary alicyclic amines) is 1. The van der Waals surface area contributed by atoms with Gasteiger partial charge in [-0.2, -0.15) is 0 Å². The molecule has 2 aliphatic rings. The van der Waals surface area contributed by atoms with Crippen LogP contribution in [0.4, 0.5) is 5.95 Å². The van der Waals surface area contributed by atoms with Gasteiger partial charge in [0, 0.05) is 18.4 Å². The molecule has 0 bridgehead atoms. The van der Waals surface area contributed by atoms with Crippen LogP contribution in [0.5, 0.6) is 0 Å². The fourth-order valence-corrected chi connectivity index (χ4v) is 3.17. The van der Waals surface area contributed by atoms with Gasteiger partial charge in [0.2, 0.25) is 11.9 Å². The molecular weight excluding hydrogens is 256 g/mol. The Morgan fingerprint density at radius 1 is 1.20 bits per heavy atom. The molecule has 1 aromatic heterocycles. The summed E-state index contributed by atoms with van der Waals surface area (Å²) in [5.41, 5.74) is 0. The highest BCUT2D eigenvalue weighted by Crippen LogP contribution is 2.27. The van der Waals surface area contributed by atoms with Crippen LogP contribution in [0, 0.1) is 0 Å². The summed E-state index contributed by atoms with van der Waals surface area (Å²) < 4.78 is 0. The first kappa shape index (κ1) is 13.1. The lowest BCUT2D eigenvalue weighted by Crippen LogP contribution is -2.42. The molecule has 108 valence electrons. The second kappa shape index (κ2) is 5.64. The van der Waals surface area contributed by atoms with Crippen LogP contribution in [0.25, 0.3) is 0 Å². The number of anilines is 1. The highest BCUT2D eigenvalue weighted by atomic mass is 16.2. The van der Waals surface area contributed by atoms with Crippen molar-refractivity contribution in [1.82, 2.24) is 14.9 Å². The molecule has 2 N–H and O–H groups in total. The number of hydrogen-bond acceptors (Lipinski definition) is 4. The standard InChI is InChI=1S/C14H20N4O2/c19-12-9-11(17-14-15-7-8-16-14)13(20)18(12)10-5-3-1-2-4-6-10/h7-8,10-11H,1-6,9H2,(H2,15,16,17). The van der Waals surface area contributed by atoms with Gasteiger partial charge < -0.3 is 10.3 Å². The lowest BCUT2D eigenvalue weighted by Gasteiger charge is -2.25. The third-order valence-electron chi connectivity index (χ3n) is 4.18. The summed E-state index contributed by atoms with van der Waals surface area (Å²) in [6.45, 7) is 0. The Morgan fingerprint density at radius 2 is 1.95 bits per heavy atom.